The number of nitrogens with zero attached hydrogens (tertiary/aromatic N) is 2. The minimum atomic E-state index is -0.146. The van der Waals surface area contributed by atoms with Crippen LogP contribution < -0.4 is 5.56 Å². The van der Waals surface area contributed by atoms with E-state index >= 15 is 0 Å². The van der Waals surface area contributed by atoms with Gasteiger partial charge in [-0.1, -0.05) is 65.1 Å². The highest BCUT2D eigenvalue weighted by molar-refractivity contribution is 9.10. The van der Waals surface area contributed by atoms with Gasteiger partial charge in [0.15, 0.2) is 0 Å². The van der Waals surface area contributed by atoms with Gasteiger partial charge in [0.1, 0.15) is 10.1 Å². The van der Waals surface area contributed by atoms with Crippen molar-refractivity contribution < 1.29 is 0 Å². The van der Waals surface area contributed by atoms with E-state index in [9.17, 15) is 4.79 Å². The highest BCUT2D eigenvalue weighted by Crippen LogP contribution is 2.20. The van der Waals surface area contributed by atoms with Gasteiger partial charge in [-0.05, 0) is 28.1 Å². The Balaban J connectivity index is 0.00000102. The maximum absolute atomic E-state index is 12.2. The molecule has 0 aromatic carbocycles. The lowest BCUT2D eigenvalue weighted by Crippen LogP contribution is -2.17. The summed E-state index contributed by atoms with van der Waals surface area (Å²) < 4.78 is 1.90. The van der Waals surface area contributed by atoms with E-state index < -0.39 is 0 Å². The second-order valence-electron chi connectivity index (χ2n) is 3.57. The standard InChI is InChI=1S/C14H11BrN2O.2C2H6/c1-3-7-10(4-2)13-12(15)14(18)17-9-6-5-8-11(17)16-13;2*1-2/h3-9H,1-2H2;2*1-2H3/b10-7+;;. The summed E-state index contributed by atoms with van der Waals surface area (Å²) in [4.78, 5) is 16.6. The lowest BCUT2D eigenvalue weighted by atomic mass is 10.1. The molecule has 0 saturated heterocycles. The van der Waals surface area contributed by atoms with Crippen molar-refractivity contribution in [3.05, 3.63) is 76.3 Å². The summed E-state index contributed by atoms with van der Waals surface area (Å²) in [7, 11) is 0. The van der Waals surface area contributed by atoms with E-state index in [-0.39, 0.29) is 5.56 Å². The Kier molecular flexibility index (Phi) is 9.79. The van der Waals surface area contributed by atoms with Crippen molar-refractivity contribution >= 4 is 27.2 Å². The zero-order chi connectivity index (χ0) is 17.1. The van der Waals surface area contributed by atoms with Crippen molar-refractivity contribution in [2.24, 2.45) is 0 Å². The first-order valence-electron chi connectivity index (χ1n) is 7.31. The number of halogens is 1. The van der Waals surface area contributed by atoms with Crippen LogP contribution in [-0.2, 0) is 0 Å². The van der Waals surface area contributed by atoms with E-state index in [1.165, 1.54) is 4.40 Å². The van der Waals surface area contributed by atoms with Crippen LogP contribution in [0.25, 0.3) is 11.2 Å². The van der Waals surface area contributed by atoms with Crippen molar-refractivity contribution in [2.45, 2.75) is 27.7 Å². The molecule has 0 aliphatic rings. The molecule has 0 N–H and O–H groups in total. The fourth-order valence-corrected chi connectivity index (χ4v) is 2.14. The van der Waals surface area contributed by atoms with Gasteiger partial charge in [-0.2, -0.15) is 0 Å². The maximum Gasteiger partial charge on any atom is 0.272 e. The van der Waals surface area contributed by atoms with Crippen LogP contribution in [0, 0.1) is 0 Å². The minimum Gasteiger partial charge on any atom is -0.268 e. The van der Waals surface area contributed by atoms with Gasteiger partial charge in [0.2, 0.25) is 0 Å². The molecule has 22 heavy (non-hydrogen) atoms. The van der Waals surface area contributed by atoms with Crippen LogP contribution in [0.2, 0.25) is 0 Å². The molecule has 0 radical (unpaired) electrons. The topological polar surface area (TPSA) is 34.4 Å². The van der Waals surface area contributed by atoms with Crippen molar-refractivity contribution in [3.63, 3.8) is 0 Å². The largest absolute Gasteiger partial charge is 0.272 e. The third kappa shape index (κ3) is 4.53. The molecule has 0 bridgehead atoms. The fraction of sp³-hybridized carbons (Fsp3) is 0.222. The molecule has 0 amide bonds. The number of aromatic nitrogens is 2. The summed E-state index contributed by atoms with van der Waals surface area (Å²) in [6, 6.07) is 5.41. The number of pyridine rings is 1. The van der Waals surface area contributed by atoms with Gasteiger partial charge in [0.25, 0.3) is 5.56 Å². The number of allylic oxidation sites excluding steroid dienone is 4. The first-order chi connectivity index (χ1) is 10.7. The third-order valence-corrected chi connectivity index (χ3v) is 3.18. The molecule has 118 valence electrons. The molecule has 3 nitrogen and oxygen atoms in total. The van der Waals surface area contributed by atoms with Crippen LogP contribution in [-0.4, -0.2) is 9.38 Å². The van der Waals surface area contributed by atoms with Crippen LogP contribution >= 0.6 is 15.9 Å². The van der Waals surface area contributed by atoms with Gasteiger partial charge in [0.05, 0.1) is 5.69 Å². The van der Waals surface area contributed by atoms with E-state index in [0.29, 0.717) is 15.8 Å². The average Bonchev–Trinajstić information content (AvgIpc) is 2.60. The van der Waals surface area contributed by atoms with Crippen molar-refractivity contribution in [1.82, 2.24) is 9.38 Å². The Hall–Kier alpha value is -1.94. The van der Waals surface area contributed by atoms with Crippen molar-refractivity contribution in [1.29, 1.82) is 0 Å². The molecule has 0 fully saturated rings. The van der Waals surface area contributed by atoms with Crippen molar-refractivity contribution in [2.75, 3.05) is 0 Å². The Morgan fingerprint density at radius 1 is 1.23 bits per heavy atom. The molecular weight excluding hydrogens is 340 g/mol. The molecule has 0 aliphatic carbocycles. The first-order valence-corrected chi connectivity index (χ1v) is 8.10. The summed E-state index contributed by atoms with van der Waals surface area (Å²) in [5.74, 6) is 0. The summed E-state index contributed by atoms with van der Waals surface area (Å²) >= 11 is 3.29. The molecular formula is C18H23BrN2O. The summed E-state index contributed by atoms with van der Waals surface area (Å²) in [5.41, 5.74) is 1.77. The molecule has 0 atom stereocenters. The Morgan fingerprint density at radius 3 is 2.41 bits per heavy atom. The zero-order valence-corrected chi connectivity index (χ0v) is 15.2. The van der Waals surface area contributed by atoms with Gasteiger partial charge in [-0.25, -0.2) is 4.98 Å². The minimum absolute atomic E-state index is 0.146. The Morgan fingerprint density at radius 2 is 1.86 bits per heavy atom. The van der Waals surface area contributed by atoms with Gasteiger partial charge in [-0.15, -0.1) is 0 Å². The monoisotopic (exact) mass is 362 g/mol. The number of fused-ring (bicyclic) bond motifs is 1. The molecule has 0 unspecified atom stereocenters. The molecule has 4 heteroatoms. The Labute approximate surface area is 140 Å². The van der Waals surface area contributed by atoms with E-state index in [4.69, 9.17) is 0 Å². The van der Waals surface area contributed by atoms with Gasteiger partial charge in [-0.3, -0.25) is 9.20 Å². The molecule has 2 aromatic heterocycles. The van der Waals surface area contributed by atoms with E-state index in [1.54, 1.807) is 36.6 Å². The molecule has 0 spiro atoms. The Bertz CT molecular complexity index is 715. The summed E-state index contributed by atoms with van der Waals surface area (Å²) in [6.45, 7) is 15.4. The average molecular weight is 363 g/mol. The van der Waals surface area contributed by atoms with Gasteiger partial charge < -0.3 is 0 Å². The van der Waals surface area contributed by atoms with Crippen LogP contribution in [0.15, 0.2) is 65.0 Å². The summed E-state index contributed by atoms with van der Waals surface area (Å²) in [6.07, 6.45) is 6.73. The third-order valence-electron chi connectivity index (χ3n) is 2.47. The lowest BCUT2D eigenvalue weighted by Gasteiger charge is -2.07. The highest BCUT2D eigenvalue weighted by Gasteiger charge is 2.11. The summed E-state index contributed by atoms with van der Waals surface area (Å²) in [5, 5.41) is 0. The lowest BCUT2D eigenvalue weighted by molar-refractivity contribution is 1.02. The van der Waals surface area contributed by atoms with Gasteiger partial charge >= 0.3 is 0 Å². The second-order valence-corrected chi connectivity index (χ2v) is 4.36. The second kappa shape index (κ2) is 10.7. The van der Waals surface area contributed by atoms with E-state index in [1.807, 2.05) is 33.8 Å². The maximum atomic E-state index is 12.2. The van der Waals surface area contributed by atoms with E-state index in [2.05, 4.69) is 34.1 Å². The number of rotatable bonds is 3. The highest BCUT2D eigenvalue weighted by atomic mass is 79.9. The smallest absolute Gasteiger partial charge is 0.268 e. The molecule has 2 heterocycles. The SMILES string of the molecule is C=C/C=C(\C=C)c1nc2ccccn2c(=O)c1Br.CC.CC. The van der Waals surface area contributed by atoms with E-state index in [0.717, 1.165) is 5.57 Å². The fourth-order valence-electron chi connectivity index (χ4n) is 1.63. The molecule has 0 aliphatic heterocycles. The van der Waals surface area contributed by atoms with Crippen LogP contribution in [0.1, 0.15) is 33.4 Å². The number of hydrogen-bond acceptors (Lipinski definition) is 2. The van der Waals surface area contributed by atoms with Crippen LogP contribution in [0.5, 0.6) is 0 Å². The molecule has 2 aromatic rings. The first kappa shape index (κ1) is 20.1. The predicted octanol–water partition coefficient (Wildman–Crippen LogP) is 5.26. The zero-order valence-electron chi connectivity index (χ0n) is 13.6. The van der Waals surface area contributed by atoms with Crippen LogP contribution in [0.4, 0.5) is 0 Å². The molecule has 2 rings (SSSR count). The predicted molar refractivity (Wildman–Crippen MR) is 100 cm³/mol. The van der Waals surface area contributed by atoms with Gasteiger partial charge in [0, 0.05) is 11.8 Å². The van der Waals surface area contributed by atoms with Crippen LogP contribution in [0.3, 0.4) is 0 Å². The quantitative estimate of drug-likeness (QED) is 0.697. The normalized spacial score (nSPS) is 9.95. The number of hydrogen-bond donors (Lipinski definition) is 0. The van der Waals surface area contributed by atoms with Crippen molar-refractivity contribution in [3.8, 4) is 0 Å². The molecule has 0 saturated carbocycles.